The standard InChI is InChI=1S/C23H27FN8O/c1-5-31-20(33)16-13-27-21(28-18-11-14-6-7-25-12-15(14)10-17(18)24)29-19(16)32(31)22-26-8-9-30(22)23(2,3)4/h8-11,13,25H,5-7,12H2,1-4H3,(H,27,28,29). The molecule has 0 unspecified atom stereocenters. The van der Waals surface area contributed by atoms with Crippen LogP contribution in [0.3, 0.4) is 0 Å². The van der Waals surface area contributed by atoms with E-state index in [-0.39, 0.29) is 22.9 Å². The van der Waals surface area contributed by atoms with Crippen molar-refractivity contribution < 1.29 is 4.39 Å². The van der Waals surface area contributed by atoms with E-state index < -0.39 is 0 Å². The number of nitrogens with zero attached hydrogens (tertiary/aromatic N) is 6. The van der Waals surface area contributed by atoms with Crippen LogP contribution in [0.2, 0.25) is 0 Å². The van der Waals surface area contributed by atoms with Crippen molar-refractivity contribution in [2.45, 2.75) is 52.7 Å². The zero-order chi connectivity index (χ0) is 23.3. The first-order valence-corrected chi connectivity index (χ1v) is 11.1. The molecule has 3 aromatic heterocycles. The van der Waals surface area contributed by atoms with Crippen LogP contribution < -0.4 is 16.2 Å². The summed E-state index contributed by atoms with van der Waals surface area (Å²) in [6, 6.07) is 3.36. The van der Waals surface area contributed by atoms with Gasteiger partial charge in [0.2, 0.25) is 11.9 Å². The minimum Gasteiger partial charge on any atom is -0.322 e. The number of rotatable bonds is 4. The first kappa shape index (κ1) is 21.3. The molecule has 5 rings (SSSR count). The van der Waals surface area contributed by atoms with Gasteiger partial charge in [-0.3, -0.25) is 4.79 Å². The fourth-order valence-corrected chi connectivity index (χ4v) is 4.27. The summed E-state index contributed by atoms with van der Waals surface area (Å²) >= 11 is 0. The molecule has 0 atom stereocenters. The van der Waals surface area contributed by atoms with E-state index in [0.29, 0.717) is 35.8 Å². The van der Waals surface area contributed by atoms with Crippen molar-refractivity contribution in [3.05, 3.63) is 58.0 Å². The quantitative estimate of drug-likeness (QED) is 0.496. The van der Waals surface area contributed by atoms with E-state index in [4.69, 9.17) is 0 Å². The van der Waals surface area contributed by atoms with E-state index in [1.165, 1.54) is 6.20 Å². The third-order valence-electron chi connectivity index (χ3n) is 5.93. The molecule has 4 aromatic rings. The number of aromatic nitrogens is 6. The molecule has 172 valence electrons. The van der Waals surface area contributed by atoms with Crippen molar-refractivity contribution in [1.82, 2.24) is 34.2 Å². The number of nitrogens with one attached hydrogen (secondary N) is 2. The molecule has 2 N–H and O–H groups in total. The Morgan fingerprint density at radius 3 is 2.79 bits per heavy atom. The summed E-state index contributed by atoms with van der Waals surface area (Å²) in [5.74, 6) is 0.424. The van der Waals surface area contributed by atoms with Gasteiger partial charge in [0.05, 0.1) is 5.69 Å². The van der Waals surface area contributed by atoms with Gasteiger partial charge < -0.3 is 15.2 Å². The van der Waals surface area contributed by atoms with Crippen molar-refractivity contribution in [1.29, 1.82) is 0 Å². The lowest BCUT2D eigenvalue weighted by Crippen LogP contribution is -2.28. The van der Waals surface area contributed by atoms with Crippen molar-refractivity contribution in [2.24, 2.45) is 0 Å². The molecule has 9 nitrogen and oxygen atoms in total. The predicted octanol–water partition coefficient (Wildman–Crippen LogP) is 3.08. The molecule has 0 amide bonds. The van der Waals surface area contributed by atoms with Crippen LogP contribution >= 0.6 is 0 Å². The van der Waals surface area contributed by atoms with Crippen LogP contribution in [0.4, 0.5) is 16.0 Å². The molecule has 0 fully saturated rings. The number of benzene rings is 1. The van der Waals surface area contributed by atoms with Crippen molar-refractivity contribution in [3.8, 4) is 5.95 Å². The zero-order valence-electron chi connectivity index (χ0n) is 19.2. The van der Waals surface area contributed by atoms with E-state index in [0.717, 1.165) is 24.1 Å². The minimum absolute atomic E-state index is 0.199. The molecule has 0 spiro atoms. The molecule has 0 saturated heterocycles. The summed E-state index contributed by atoms with van der Waals surface area (Å²) in [5.41, 5.74) is 2.33. The molecule has 10 heteroatoms. The number of fused-ring (bicyclic) bond motifs is 2. The summed E-state index contributed by atoms with van der Waals surface area (Å²) in [5, 5.41) is 6.64. The highest BCUT2D eigenvalue weighted by Gasteiger charge is 2.24. The van der Waals surface area contributed by atoms with Crippen LogP contribution in [0, 0.1) is 5.82 Å². The lowest BCUT2D eigenvalue weighted by molar-refractivity contribution is 0.381. The smallest absolute Gasteiger partial charge is 0.278 e. The Labute approximate surface area is 190 Å². The molecule has 0 bridgehead atoms. The van der Waals surface area contributed by atoms with Crippen LogP contribution in [-0.2, 0) is 25.0 Å². The number of halogens is 1. The van der Waals surface area contributed by atoms with E-state index in [9.17, 15) is 9.18 Å². The van der Waals surface area contributed by atoms with Crippen LogP contribution in [0.25, 0.3) is 17.0 Å². The Hall–Kier alpha value is -3.53. The molecule has 1 aliphatic heterocycles. The summed E-state index contributed by atoms with van der Waals surface area (Å²) in [4.78, 5) is 26.5. The Morgan fingerprint density at radius 1 is 1.21 bits per heavy atom. The second-order valence-corrected chi connectivity index (χ2v) is 9.18. The first-order valence-electron chi connectivity index (χ1n) is 11.1. The molecule has 0 radical (unpaired) electrons. The summed E-state index contributed by atoms with van der Waals surface area (Å²) in [6.07, 6.45) is 5.90. The second-order valence-electron chi connectivity index (χ2n) is 9.18. The largest absolute Gasteiger partial charge is 0.322 e. The van der Waals surface area contributed by atoms with Gasteiger partial charge in [0, 0.05) is 37.2 Å². The fourth-order valence-electron chi connectivity index (χ4n) is 4.27. The highest BCUT2D eigenvalue weighted by molar-refractivity contribution is 5.76. The van der Waals surface area contributed by atoms with Crippen molar-refractivity contribution in [3.63, 3.8) is 0 Å². The average molecular weight is 451 g/mol. The van der Waals surface area contributed by atoms with Gasteiger partial charge >= 0.3 is 0 Å². The highest BCUT2D eigenvalue weighted by Crippen LogP contribution is 2.26. The molecule has 0 aliphatic carbocycles. The van der Waals surface area contributed by atoms with E-state index in [1.54, 1.807) is 21.6 Å². The van der Waals surface area contributed by atoms with E-state index in [2.05, 4.69) is 46.4 Å². The molecule has 4 heterocycles. The van der Waals surface area contributed by atoms with Crippen LogP contribution in [-0.4, -0.2) is 35.4 Å². The third-order valence-corrected chi connectivity index (χ3v) is 5.93. The Kier molecular flexibility index (Phi) is 5.04. The van der Waals surface area contributed by atoms with Gasteiger partial charge in [-0.2, -0.15) is 9.67 Å². The fraction of sp³-hybridized carbons (Fsp3) is 0.391. The van der Waals surface area contributed by atoms with Gasteiger partial charge in [-0.1, -0.05) is 0 Å². The molecule has 1 aromatic carbocycles. The molecule has 1 aliphatic rings. The second kappa shape index (κ2) is 7.80. The van der Waals surface area contributed by atoms with Crippen molar-refractivity contribution >= 4 is 22.7 Å². The lowest BCUT2D eigenvalue weighted by atomic mass is 10.00. The maximum atomic E-state index is 14.8. The summed E-state index contributed by atoms with van der Waals surface area (Å²) in [6.45, 7) is 10.0. The molecular formula is C23H27FN8O. The topological polar surface area (TPSA) is 94.6 Å². The van der Waals surface area contributed by atoms with Gasteiger partial charge in [-0.05, 0) is 63.9 Å². The maximum absolute atomic E-state index is 14.8. The number of hydrogen-bond donors (Lipinski definition) is 2. The minimum atomic E-state index is -0.368. The van der Waals surface area contributed by atoms with Gasteiger partial charge in [0.25, 0.3) is 5.56 Å². The molecular weight excluding hydrogens is 423 g/mol. The van der Waals surface area contributed by atoms with E-state index in [1.807, 2.05) is 23.8 Å². The van der Waals surface area contributed by atoms with Crippen LogP contribution in [0.1, 0.15) is 38.8 Å². The highest BCUT2D eigenvalue weighted by atomic mass is 19.1. The van der Waals surface area contributed by atoms with Crippen LogP contribution in [0.5, 0.6) is 0 Å². The van der Waals surface area contributed by atoms with Gasteiger partial charge in [-0.25, -0.2) is 19.0 Å². The number of imidazole rings is 1. The molecule has 33 heavy (non-hydrogen) atoms. The maximum Gasteiger partial charge on any atom is 0.278 e. The van der Waals surface area contributed by atoms with E-state index >= 15 is 0 Å². The average Bonchev–Trinajstić information content (AvgIpc) is 3.37. The lowest BCUT2D eigenvalue weighted by Gasteiger charge is -2.24. The monoisotopic (exact) mass is 450 g/mol. The summed E-state index contributed by atoms with van der Waals surface area (Å²) < 4.78 is 20.1. The first-order chi connectivity index (χ1) is 15.8. The molecule has 0 saturated carbocycles. The normalized spacial score (nSPS) is 14.0. The Balaban J connectivity index is 1.64. The van der Waals surface area contributed by atoms with Crippen LogP contribution in [0.15, 0.2) is 35.5 Å². The van der Waals surface area contributed by atoms with Gasteiger partial charge in [-0.15, -0.1) is 0 Å². The third kappa shape index (κ3) is 3.60. The SMILES string of the molecule is CCn1c(=O)c2cnc(Nc3cc4c(cc3F)CNCC4)nc2n1-c1nccn1C(C)(C)C. The predicted molar refractivity (Wildman–Crippen MR) is 125 cm³/mol. The number of anilines is 2. The van der Waals surface area contributed by atoms with Gasteiger partial charge in [0.1, 0.15) is 11.2 Å². The zero-order valence-corrected chi connectivity index (χ0v) is 19.2. The number of hydrogen-bond acceptors (Lipinski definition) is 6. The summed E-state index contributed by atoms with van der Waals surface area (Å²) in [7, 11) is 0. The van der Waals surface area contributed by atoms with Gasteiger partial charge in [0.15, 0.2) is 5.65 Å². The Bertz CT molecular complexity index is 1410. The Morgan fingerprint density at radius 2 is 2.03 bits per heavy atom. The van der Waals surface area contributed by atoms with Crippen molar-refractivity contribution in [2.75, 3.05) is 11.9 Å².